The molecule has 0 aromatic heterocycles. The first-order valence-electron chi connectivity index (χ1n) is 6.52. The van der Waals surface area contributed by atoms with Gasteiger partial charge in [-0.2, -0.15) is 0 Å². The number of amides is 1. The second-order valence-corrected chi connectivity index (χ2v) is 4.29. The average Bonchev–Trinajstić information content (AvgIpc) is 2.38. The Morgan fingerprint density at radius 3 is 2.05 bits per heavy atom. The van der Waals surface area contributed by atoms with E-state index in [0.717, 1.165) is 18.7 Å². The molecule has 1 aromatic rings. The Morgan fingerprint density at radius 1 is 1.26 bits per heavy atom. The smallest absolute Gasteiger partial charge is 0.290 e. The summed E-state index contributed by atoms with van der Waals surface area (Å²) in [5.41, 5.74) is 2.00. The fraction of sp³-hybridized carbons (Fsp3) is 0.467. The third-order valence-electron chi connectivity index (χ3n) is 2.65. The number of aryl methyl sites for hydroxylation is 1. The number of benzene rings is 1. The largest absolute Gasteiger partial charge is 0.483 e. The minimum Gasteiger partial charge on any atom is -0.483 e. The number of likely N-dealkylation sites (tertiary alicyclic amines) is 1. The van der Waals surface area contributed by atoms with E-state index in [0.29, 0.717) is 5.92 Å². The predicted octanol–water partition coefficient (Wildman–Crippen LogP) is 2.81. The topological polar surface area (TPSA) is 57.6 Å². The summed E-state index contributed by atoms with van der Waals surface area (Å²) < 4.78 is 0. The Balaban J connectivity index is 0.000000573. The van der Waals surface area contributed by atoms with Gasteiger partial charge < -0.3 is 10.0 Å². The molecule has 0 radical (unpaired) electrons. The first-order valence-corrected chi connectivity index (χ1v) is 6.52. The van der Waals surface area contributed by atoms with Gasteiger partial charge in [-0.1, -0.05) is 38.5 Å². The zero-order valence-corrected chi connectivity index (χ0v) is 12.1. The highest BCUT2D eigenvalue weighted by atomic mass is 16.3. The molecule has 1 fully saturated rings. The summed E-state index contributed by atoms with van der Waals surface area (Å²) in [5, 5.41) is 6.89. The van der Waals surface area contributed by atoms with Crippen LogP contribution in [0.4, 0.5) is 0 Å². The van der Waals surface area contributed by atoms with Gasteiger partial charge in [0.05, 0.1) is 0 Å². The van der Waals surface area contributed by atoms with Crippen molar-refractivity contribution in [1.29, 1.82) is 0 Å². The summed E-state index contributed by atoms with van der Waals surface area (Å²) >= 11 is 0. The number of rotatable bonds is 1. The van der Waals surface area contributed by atoms with Gasteiger partial charge in [0.1, 0.15) is 0 Å². The van der Waals surface area contributed by atoms with Gasteiger partial charge in [0, 0.05) is 18.7 Å². The average molecular weight is 265 g/mol. The van der Waals surface area contributed by atoms with E-state index in [-0.39, 0.29) is 12.4 Å². The Bertz CT molecular complexity index is 381. The molecule has 0 bridgehead atoms. The van der Waals surface area contributed by atoms with Gasteiger partial charge in [-0.25, -0.2) is 0 Å². The maximum Gasteiger partial charge on any atom is 0.290 e. The van der Waals surface area contributed by atoms with Crippen LogP contribution in [0.25, 0.3) is 0 Å². The van der Waals surface area contributed by atoms with Gasteiger partial charge in [0.2, 0.25) is 0 Å². The molecule has 0 aliphatic carbocycles. The summed E-state index contributed by atoms with van der Waals surface area (Å²) in [6.45, 7) is 9.76. The fourth-order valence-corrected chi connectivity index (χ4v) is 1.74. The highest BCUT2D eigenvalue weighted by Crippen LogP contribution is 2.17. The lowest BCUT2D eigenvalue weighted by atomic mass is 10.0. The van der Waals surface area contributed by atoms with Gasteiger partial charge in [0.25, 0.3) is 12.4 Å². The molecule has 0 saturated carbocycles. The van der Waals surface area contributed by atoms with Crippen LogP contribution in [-0.4, -0.2) is 35.5 Å². The van der Waals surface area contributed by atoms with Crippen LogP contribution in [0.1, 0.15) is 36.7 Å². The standard InChI is InChI=1S/C12H15NO.C2H6.CH2O2/c1-9-3-5-11(6-4-9)12(14)13-7-10(2)8-13;1-2;2-1-3/h3-6,10H,7-8H2,1-2H3;1-2H3;1H,(H,2,3). The summed E-state index contributed by atoms with van der Waals surface area (Å²) in [6, 6.07) is 7.77. The third-order valence-corrected chi connectivity index (χ3v) is 2.65. The molecule has 0 spiro atoms. The Labute approximate surface area is 115 Å². The second-order valence-electron chi connectivity index (χ2n) is 4.29. The normalized spacial score (nSPS) is 13.2. The van der Waals surface area contributed by atoms with Crippen molar-refractivity contribution in [3.05, 3.63) is 35.4 Å². The van der Waals surface area contributed by atoms with Crippen molar-refractivity contribution in [3.8, 4) is 0 Å². The van der Waals surface area contributed by atoms with E-state index in [1.54, 1.807) is 0 Å². The van der Waals surface area contributed by atoms with E-state index >= 15 is 0 Å². The van der Waals surface area contributed by atoms with Crippen molar-refractivity contribution in [1.82, 2.24) is 4.90 Å². The summed E-state index contributed by atoms with van der Waals surface area (Å²) in [4.78, 5) is 22.1. The molecule has 2 rings (SSSR count). The lowest BCUT2D eigenvalue weighted by Gasteiger charge is -2.37. The summed E-state index contributed by atoms with van der Waals surface area (Å²) in [6.07, 6.45) is 0. The molecule has 0 atom stereocenters. The molecule has 1 N–H and O–H groups in total. The molecule has 106 valence electrons. The van der Waals surface area contributed by atoms with Crippen LogP contribution in [0.2, 0.25) is 0 Å². The number of hydrogen-bond donors (Lipinski definition) is 1. The van der Waals surface area contributed by atoms with Crippen molar-refractivity contribution in [2.45, 2.75) is 27.7 Å². The maximum absolute atomic E-state index is 11.8. The Kier molecular flexibility index (Phi) is 8.25. The molecule has 4 heteroatoms. The molecular weight excluding hydrogens is 242 g/mol. The van der Waals surface area contributed by atoms with Crippen molar-refractivity contribution < 1.29 is 14.7 Å². The zero-order valence-electron chi connectivity index (χ0n) is 12.1. The zero-order chi connectivity index (χ0) is 14.8. The Morgan fingerprint density at radius 2 is 1.68 bits per heavy atom. The van der Waals surface area contributed by atoms with E-state index in [2.05, 4.69) is 6.92 Å². The van der Waals surface area contributed by atoms with Crippen LogP contribution in [0.15, 0.2) is 24.3 Å². The molecule has 19 heavy (non-hydrogen) atoms. The first kappa shape index (κ1) is 17.2. The summed E-state index contributed by atoms with van der Waals surface area (Å²) in [5.74, 6) is 0.840. The number of carbonyl (C=O) groups is 2. The molecule has 0 unspecified atom stereocenters. The van der Waals surface area contributed by atoms with E-state index in [9.17, 15) is 4.79 Å². The molecule has 1 saturated heterocycles. The lowest BCUT2D eigenvalue weighted by molar-refractivity contribution is -0.122. The number of nitrogens with zero attached hydrogens (tertiary/aromatic N) is 1. The van der Waals surface area contributed by atoms with E-state index in [4.69, 9.17) is 9.90 Å². The number of carboxylic acid groups (broad SMARTS) is 1. The van der Waals surface area contributed by atoms with Crippen LogP contribution in [-0.2, 0) is 4.79 Å². The Hall–Kier alpha value is -1.84. The van der Waals surface area contributed by atoms with Crippen LogP contribution < -0.4 is 0 Å². The second kappa shape index (κ2) is 9.14. The van der Waals surface area contributed by atoms with Crippen LogP contribution >= 0.6 is 0 Å². The third kappa shape index (κ3) is 5.55. The molecule has 1 aliphatic rings. The predicted molar refractivity (Wildman–Crippen MR) is 76.3 cm³/mol. The molecule has 1 amide bonds. The molecule has 1 heterocycles. The number of carbonyl (C=O) groups excluding carboxylic acids is 1. The minimum atomic E-state index is -0.250. The molecule has 1 aliphatic heterocycles. The van der Waals surface area contributed by atoms with Gasteiger partial charge >= 0.3 is 0 Å². The van der Waals surface area contributed by atoms with Gasteiger partial charge in [0.15, 0.2) is 0 Å². The molecule has 1 aromatic carbocycles. The van der Waals surface area contributed by atoms with Crippen LogP contribution in [0.5, 0.6) is 0 Å². The van der Waals surface area contributed by atoms with E-state index < -0.39 is 0 Å². The van der Waals surface area contributed by atoms with Gasteiger partial charge in [-0.05, 0) is 25.0 Å². The minimum absolute atomic E-state index is 0.170. The molecular formula is C15H23NO3. The van der Waals surface area contributed by atoms with Crippen molar-refractivity contribution in [2.24, 2.45) is 5.92 Å². The highest BCUT2D eigenvalue weighted by molar-refractivity contribution is 5.94. The summed E-state index contributed by atoms with van der Waals surface area (Å²) in [7, 11) is 0. The van der Waals surface area contributed by atoms with E-state index in [1.807, 2.05) is 49.9 Å². The van der Waals surface area contributed by atoms with Gasteiger partial charge in [-0.15, -0.1) is 0 Å². The van der Waals surface area contributed by atoms with Gasteiger partial charge in [-0.3, -0.25) is 9.59 Å². The van der Waals surface area contributed by atoms with Crippen molar-refractivity contribution >= 4 is 12.4 Å². The fourth-order valence-electron chi connectivity index (χ4n) is 1.74. The highest BCUT2D eigenvalue weighted by Gasteiger charge is 2.27. The van der Waals surface area contributed by atoms with Crippen molar-refractivity contribution in [3.63, 3.8) is 0 Å². The quantitative estimate of drug-likeness (QED) is 0.794. The number of hydrogen-bond acceptors (Lipinski definition) is 2. The first-order chi connectivity index (χ1) is 9.08. The molecule has 4 nitrogen and oxygen atoms in total. The SMILES string of the molecule is CC.Cc1ccc(C(=O)N2CC(C)C2)cc1.O=CO. The van der Waals surface area contributed by atoms with E-state index in [1.165, 1.54) is 5.56 Å². The van der Waals surface area contributed by atoms with Crippen molar-refractivity contribution in [2.75, 3.05) is 13.1 Å². The van der Waals surface area contributed by atoms with Crippen LogP contribution in [0, 0.1) is 12.8 Å². The maximum atomic E-state index is 11.8. The monoisotopic (exact) mass is 265 g/mol. The lowest BCUT2D eigenvalue weighted by Crippen LogP contribution is -2.48. The van der Waals surface area contributed by atoms with Crippen LogP contribution in [0.3, 0.4) is 0 Å².